The van der Waals surface area contributed by atoms with Crippen LogP contribution in [-0.2, 0) is 20.8 Å². The van der Waals surface area contributed by atoms with Crippen LogP contribution in [0.3, 0.4) is 0 Å². The van der Waals surface area contributed by atoms with Gasteiger partial charge in [-0.05, 0) is 32.1 Å². The molecule has 1 aliphatic heterocycles. The molecule has 27 heavy (non-hydrogen) atoms. The number of hydrogen-bond donors (Lipinski definition) is 0. The molecule has 0 fully saturated rings. The van der Waals surface area contributed by atoms with E-state index >= 15 is 0 Å². The molecule has 0 saturated heterocycles. The van der Waals surface area contributed by atoms with E-state index in [0.29, 0.717) is 24.3 Å². The summed E-state index contributed by atoms with van der Waals surface area (Å²) >= 11 is 0. The number of rotatable bonds is 7. The van der Waals surface area contributed by atoms with Gasteiger partial charge in [-0.1, -0.05) is 18.2 Å². The number of fused-ring (bicyclic) bond motifs is 1. The number of nitrogens with zero attached hydrogens (tertiary/aromatic N) is 1. The van der Waals surface area contributed by atoms with Crippen molar-refractivity contribution in [2.24, 2.45) is 0 Å². The molecule has 1 aromatic carbocycles. The maximum atomic E-state index is 12.5. The van der Waals surface area contributed by atoms with E-state index in [4.69, 9.17) is 14.2 Å². The summed E-state index contributed by atoms with van der Waals surface area (Å²) in [5, 5.41) is 0. The molecule has 0 unspecified atom stereocenters. The minimum atomic E-state index is -0.536. The smallest absolute Gasteiger partial charge is 0.337 e. The zero-order chi connectivity index (χ0) is 19.4. The Hall–Kier alpha value is -2.86. The molecule has 0 amide bonds. The fraction of sp³-hybridized carbons (Fsp3) is 0.333. The maximum Gasteiger partial charge on any atom is 0.337 e. The van der Waals surface area contributed by atoms with E-state index in [1.807, 2.05) is 48.7 Å². The second-order valence-electron chi connectivity index (χ2n) is 6.42. The van der Waals surface area contributed by atoms with Gasteiger partial charge >= 0.3 is 5.97 Å². The average Bonchev–Trinajstić information content (AvgIpc) is 2.97. The minimum Gasteiger partial charge on any atom is -0.488 e. The number of para-hydroxylation sites is 1. The van der Waals surface area contributed by atoms with Crippen LogP contribution in [-0.4, -0.2) is 43.3 Å². The van der Waals surface area contributed by atoms with E-state index in [-0.39, 0.29) is 19.0 Å². The Morgan fingerprint density at radius 1 is 1.22 bits per heavy atom. The minimum absolute atomic E-state index is 0.134. The van der Waals surface area contributed by atoms with Crippen molar-refractivity contribution in [3.63, 3.8) is 0 Å². The first-order valence-electron chi connectivity index (χ1n) is 8.79. The molecular formula is C21H23NO5. The molecule has 0 saturated carbocycles. The van der Waals surface area contributed by atoms with Crippen molar-refractivity contribution in [3.05, 3.63) is 58.4 Å². The molecule has 2 heterocycles. The molecule has 0 aliphatic carbocycles. The second-order valence-corrected chi connectivity index (χ2v) is 6.42. The predicted molar refractivity (Wildman–Crippen MR) is 101 cm³/mol. The van der Waals surface area contributed by atoms with E-state index in [9.17, 15) is 9.59 Å². The number of carbonyl (C=O) groups is 2. The van der Waals surface area contributed by atoms with E-state index in [2.05, 4.69) is 0 Å². The van der Waals surface area contributed by atoms with Crippen LogP contribution >= 0.6 is 0 Å². The number of aryl methyl sites for hydroxylation is 1. The summed E-state index contributed by atoms with van der Waals surface area (Å²) in [4.78, 5) is 24.8. The highest BCUT2D eigenvalue weighted by atomic mass is 16.5. The summed E-state index contributed by atoms with van der Waals surface area (Å²) in [6, 6.07) is 9.27. The molecule has 2 aromatic rings. The van der Waals surface area contributed by atoms with Crippen molar-refractivity contribution >= 4 is 17.8 Å². The lowest BCUT2D eigenvalue weighted by molar-refractivity contribution is -0.138. The third-order valence-corrected chi connectivity index (χ3v) is 4.62. The number of hydrogen-bond acceptors (Lipinski definition) is 5. The number of Topliss-reactive ketones (excluding diaryl/α,β-unsaturated/α-hetero) is 1. The molecule has 0 atom stereocenters. The average molecular weight is 369 g/mol. The number of aromatic nitrogens is 1. The van der Waals surface area contributed by atoms with Gasteiger partial charge in [-0.15, -0.1) is 0 Å². The van der Waals surface area contributed by atoms with Gasteiger partial charge in [0.25, 0.3) is 0 Å². The lowest BCUT2D eigenvalue weighted by Crippen LogP contribution is -2.20. The topological polar surface area (TPSA) is 66.8 Å². The second kappa shape index (κ2) is 8.22. The van der Waals surface area contributed by atoms with Crippen molar-refractivity contribution < 1.29 is 23.8 Å². The van der Waals surface area contributed by atoms with Gasteiger partial charge in [0.2, 0.25) is 5.78 Å². The molecule has 6 nitrogen and oxygen atoms in total. The Balaban J connectivity index is 1.64. The van der Waals surface area contributed by atoms with Gasteiger partial charge < -0.3 is 18.8 Å². The molecular weight excluding hydrogens is 346 g/mol. The standard InChI is InChI=1S/C21H23NO5/c1-14-10-18(15(2)22(14)8-9-25-3)19(23)13-27-21(24)17-11-16-6-4-5-7-20(16)26-12-17/h4-7,10-11H,8-9,12-13H2,1-3H3. The Kier molecular flexibility index (Phi) is 5.76. The SMILES string of the molecule is COCCn1c(C)cc(C(=O)COC(=O)C2=Cc3ccccc3OC2)c1C. The van der Waals surface area contributed by atoms with Crippen molar-refractivity contribution in [3.8, 4) is 5.75 Å². The molecule has 1 aromatic heterocycles. The first-order chi connectivity index (χ1) is 13.0. The normalized spacial score (nSPS) is 12.8. The van der Waals surface area contributed by atoms with Crippen LogP contribution in [0.25, 0.3) is 6.08 Å². The number of ether oxygens (including phenoxy) is 3. The van der Waals surface area contributed by atoms with Crippen molar-refractivity contribution in [2.75, 3.05) is 26.9 Å². The summed E-state index contributed by atoms with van der Waals surface area (Å²) in [5.74, 6) is -0.0301. The lowest BCUT2D eigenvalue weighted by atomic mass is 10.1. The van der Waals surface area contributed by atoms with Gasteiger partial charge in [0.15, 0.2) is 6.61 Å². The van der Waals surface area contributed by atoms with Crippen LogP contribution < -0.4 is 4.74 Å². The third kappa shape index (κ3) is 4.11. The fourth-order valence-corrected chi connectivity index (χ4v) is 3.15. The molecule has 0 N–H and O–H groups in total. The van der Waals surface area contributed by atoms with Crippen LogP contribution in [0.1, 0.15) is 27.3 Å². The van der Waals surface area contributed by atoms with E-state index in [1.165, 1.54) is 0 Å². The monoisotopic (exact) mass is 369 g/mol. The fourth-order valence-electron chi connectivity index (χ4n) is 3.15. The Bertz CT molecular complexity index is 894. The van der Waals surface area contributed by atoms with Crippen LogP contribution in [0, 0.1) is 13.8 Å². The number of methoxy groups -OCH3 is 1. The summed E-state index contributed by atoms with van der Waals surface area (Å²) in [6.07, 6.45) is 1.74. The largest absolute Gasteiger partial charge is 0.488 e. The van der Waals surface area contributed by atoms with Gasteiger partial charge in [0.05, 0.1) is 12.2 Å². The highest BCUT2D eigenvalue weighted by Crippen LogP contribution is 2.26. The van der Waals surface area contributed by atoms with Gasteiger partial charge in [0.1, 0.15) is 12.4 Å². The van der Waals surface area contributed by atoms with Crippen LogP contribution in [0.15, 0.2) is 35.9 Å². The van der Waals surface area contributed by atoms with Gasteiger partial charge in [0, 0.05) is 36.2 Å². The lowest BCUT2D eigenvalue weighted by Gasteiger charge is -2.16. The number of esters is 1. The van der Waals surface area contributed by atoms with Gasteiger partial charge in [-0.3, -0.25) is 4.79 Å². The van der Waals surface area contributed by atoms with Crippen LogP contribution in [0.2, 0.25) is 0 Å². The van der Waals surface area contributed by atoms with E-state index in [1.54, 1.807) is 13.2 Å². The number of benzene rings is 1. The molecule has 0 spiro atoms. The first kappa shape index (κ1) is 18.9. The Morgan fingerprint density at radius 3 is 2.78 bits per heavy atom. The van der Waals surface area contributed by atoms with E-state index < -0.39 is 5.97 Å². The highest BCUT2D eigenvalue weighted by molar-refractivity contribution is 6.01. The summed E-state index contributed by atoms with van der Waals surface area (Å²) in [7, 11) is 1.64. The molecule has 3 rings (SSSR count). The van der Waals surface area contributed by atoms with Crippen molar-refractivity contribution in [1.29, 1.82) is 0 Å². The Morgan fingerprint density at radius 2 is 2.00 bits per heavy atom. The third-order valence-electron chi connectivity index (χ3n) is 4.62. The van der Waals surface area contributed by atoms with Crippen molar-refractivity contribution in [2.45, 2.75) is 20.4 Å². The van der Waals surface area contributed by atoms with Crippen molar-refractivity contribution in [1.82, 2.24) is 4.57 Å². The van der Waals surface area contributed by atoms with E-state index in [0.717, 1.165) is 22.7 Å². The van der Waals surface area contributed by atoms with Gasteiger partial charge in [-0.2, -0.15) is 0 Å². The number of carbonyl (C=O) groups excluding carboxylic acids is 2. The molecule has 0 radical (unpaired) electrons. The summed E-state index contributed by atoms with van der Waals surface area (Å²) in [6.45, 7) is 4.89. The van der Waals surface area contributed by atoms with Crippen LogP contribution in [0.5, 0.6) is 5.75 Å². The highest BCUT2D eigenvalue weighted by Gasteiger charge is 2.21. The zero-order valence-electron chi connectivity index (χ0n) is 15.8. The molecule has 142 valence electrons. The summed E-state index contributed by atoms with van der Waals surface area (Å²) < 4.78 is 17.9. The maximum absolute atomic E-state index is 12.5. The molecule has 6 heteroatoms. The predicted octanol–water partition coefficient (Wildman–Crippen LogP) is 2.95. The quantitative estimate of drug-likeness (QED) is 0.554. The first-order valence-corrected chi connectivity index (χ1v) is 8.79. The summed E-state index contributed by atoms with van der Waals surface area (Å²) in [5.41, 5.74) is 3.60. The van der Waals surface area contributed by atoms with Crippen LogP contribution in [0.4, 0.5) is 0 Å². The van der Waals surface area contributed by atoms with Gasteiger partial charge in [-0.25, -0.2) is 4.79 Å². The molecule has 0 bridgehead atoms. The zero-order valence-corrected chi connectivity index (χ0v) is 15.8. The number of ketones is 1. The molecule has 1 aliphatic rings. The Labute approximate surface area is 158 Å².